The second-order valence-corrected chi connectivity index (χ2v) is 5.89. The maximum atomic E-state index is 5.24. The summed E-state index contributed by atoms with van der Waals surface area (Å²) in [5.74, 6) is 1.59. The highest BCUT2D eigenvalue weighted by molar-refractivity contribution is 5.28. The zero-order valence-corrected chi connectivity index (χ0v) is 13.8. The van der Waals surface area contributed by atoms with Gasteiger partial charge in [-0.15, -0.1) is 0 Å². The Morgan fingerprint density at radius 3 is 2.78 bits per heavy atom. The van der Waals surface area contributed by atoms with Crippen LogP contribution in [0.3, 0.4) is 0 Å². The van der Waals surface area contributed by atoms with Crippen LogP contribution in [-0.2, 0) is 6.54 Å². The molecule has 1 aromatic carbocycles. The molecule has 23 heavy (non-hydrogen) atoms. The molecule has 1 N–H and O–H groups in total. The minimum atomic E-state index is 0.362. The van der Waals surface area contributed by atoms with E-state index < -0.39 is 0 Å². The minimum absolute atomic E-state index is 0.362. The Labute approximate surface area is 137 Å². The van der Waals surface area contributed by atoms with E-state index in [1.807, 2.05) is 31.4 Å². The summed E-state index contributed by atoms with van der Waals surface area (Å²) in [6.45, 7) is 2.04. The van der Waals surface area contributed by atoms with E-state index >= 15 is 0 Å². The summed E-state index contributed by atoms with van der Waals surface area (Å²) in [6, 6.07) is 10.7. The second kappa shape index (κ2) is 7.42. The Morgan fingerprint density at radius 1 is 1.22 bits per heavy atom. The highest BCUT2D eigenvalue weighted by atomic mass is 16.5. The number of nitrogens with zero attached hydrogens (tertiary/aromatic N) is 3. The maximum Gasteiger partial charge on any atom is 0.222 e. The number of methoxy groups -OCH3 is 1. The molecule has 2 aromatic rings. The number of piperidine rings is 1. The number of rotatable bonds is 5. The lowest BCUT2D eigenvalue weighted by atomic mass is 9.98. The van der Waals surface area contributed by atoms with Crippen LogP contribution in [0.15, 0.2) is 36.5 Å². The first kappa shape index (κ1) is 15.7. The molecule has 0 aliphatic carbocycles. The maximum absolute atomic E-state index is 5.24. The molecule has 3 rings (SSSR count). The summed E-state index contributed by atoms with van der Waals surface area (Å²) in [5.41, 5.74) is 2.41. The van der Waals surface area contributed by atoms with Crippen LogP contribution in [-0.4, -0.2) is 35.6 Å². The van der Waals surface area contributed by atoms with Crippen molar-refractivity contribution in [3.63, 3.8) is 0 Å². The molecule has 1 aliphatic heterocycles. The van der Waals surface area contributed by atoms with E-state index in [0.717, 1.165) is 31.0 Å². The lowest BCUT2D eigenvalue weighted by molar-refractivity contribution is 0.137. The van der Waals surface area contributed by atoms with Crippen LogP contribution in [0.1, 0.15) is 36.6 Å². The molecule has 0 saturated carbocycles. The van der Waals surface area contributed by atoms with Gasteiger partial charge in [0.1, 0.15) is 5.75 Å². The van der Waals surface area contributed by atoms with Crippen LogP contribution >= 0.6 is 0 Å². The molecular weight excluding hydrogens is 288 g/mol. The Balaban J connectivity index is 1.77. The van der Waals surface area contributed by atoms with E-state index in [-0.39, 0.29) is 0 Å². The van der Waals surface area contributed by atoms with Gasteiger partial charge in [-0.1, -0.05) is 18.6 Å². The van der Waals surface area contributed by atoms with Crippen molar-refractivity contribution in [2.24, 2.45) is 0 Å². The molecule has 0 bridgehead atoms. The topological polar surface area (TPSA) is 50.3 Å². The van der Waals surface area contributed by atoms with Gasteiger partial charge in [0.25, 0.3) is 0 Å². The van der Waals surface area contributed by atoms with E-state index in [2.05, 4.69) is 32.3 Å². The van der Waals surface area contributed by atoms with Gasteiger partial charge in [0.05, 0.1) is 18.8 Å². The molecule has 1 fully saturated rings. The van der Waals surface area contributed by atoms with E-state index in [9.17, 15) is 0 Å². The molecule has 1 aliphatic rings. The van der Waals surface area contributed by atoms with Crippen molar-refractivity contribution in [2.45, 2.75) is 31.8 Å². The van der Waals surface area contributed by atoms with Gasteiger partial charge in [0.2, 0.25) is 5.95 Å². The summed E-state index contributed by atoms with van der Waals surface area (Å²) in [5, 5.41) is 3.03. The van der Waals surface area contributed by atoms with E-state index in [0.29, 0.717) is 12.0 Å². The Kier molecular flexibility index (Phi) is 5.08. The molecule has 122 valence electrons. The summed E-state index contributed by atoms with van der Waals surface area (Å²) >= 11 is 0. The van der Waals surface area contributed by atoms with Gasteiger partial charge in [-0.2, -0.15) is 0 Å². The number of aromatic nitrogens is 2. The molecule has 0 amide bonds. The molecule has 1 aromatic heterocycles. The number of anilines is 1. The average molecular weight is 312 g/mol. The van der Waals surface area contributed by atoms with Gasteiger partial charge in [0, 0.05) is 19.8 Å². The number of benzene rings is 1. The highest BCUT2D eigenvalue weighted by Gasteiger charge is 2.25. The molecule has 0 spiro atoms. The van der Waals surface area contributed by atoms with Gasteiger partial charge in [-0.25, -0.2) is 9.97 Å². The lowest BCUT2D eigenvalue weighted by Crippen LogP contribution is -2.33. The first-order valence-electron chi connectivity index (χ1n) is 8.18. The van der Waals surface area contributed by atoms with Crippen molar-refractivity contribution in [2.75, 3.05) is 26.0 Å². The Hall–Kier alpha value is -2.14. The van der Waals surface area contributed by atoms with Crippen molar-refractivity contribution < 1.29 is 4.74 Å². The zero-order chi connectivity index (χ0) is 16.1. The van der Waals surface area contributed by atoms with Gasteiger partial charge in [-0.3, -0.25) is 4.90 Å². The molecule has 1 atom stereocenters. The Bertz CT molecular complexity index is 629. The third kappa shape index (κ3) is 3.79. The molecule has 0 unspecified atom stereocenters. The predicted molar refractivity (Wildman–Crippen MR) is 91.6 cm³/mol. The SMILES string of the molecule is CNc1nccc([C@H]2CCCCN2Cc2ccc(OC)cc2)n1. The zero-order valence-electron chi connectivity index (χ0n) is 13.8. The van der Waals surface area contributed by atoms with Crippen molar-refractivity contribution in [3.8, 4) is 5.75 Å². The monoisotopic (exact) mass is 312 g/mol. The van der Waals surface area contributed by atoms with Crippen molar-refractivity contribution >= 4 is 5.95 Å². The summed E-state index contributed by atoms with van der Waals surface area (Å²) in [4.78, 5) is 11.4. The van der Waals surface area contributed by atoms with Crippen LogP contribution in [0.5, 0.6) is 5.75 Å². The number of ether oxygens (including phenoxy) is 1. The van der Waals surface area contributed by atoms with Crippen molar-refractivity contribution in [1.29, 1.82) is 0 Å². The lowest BCUT2D eigenvalue weighted by Gasteiger charge is -2.35. The van der Waals surface area contributed by atoms with Crippen LogP contribution in [0.25, 0.3) is 0 Å². The fraction of sp³-hybridized carbons (Fsp3) is 0.444. The first-order chi connectivity index (χ1) is 11.3. The van der Waals surface area contributed by atoms with E-state index in [1.165, 1.54) is 18.4 Å². The van der Waals surface area contributed by atoms with E-state index in [1.54, 1.807) is 7.11 Å². The fourth-order valence-corrected chi connectivity index (χ4v) is 3.16. The minimum Gasteiger partial charge on any atom is -0.497 e. The predicted octanol–water partition coefficient (Wildman–Crippen LogP) is 3.25. The van der Waals surface area contributed by atoms with Crippen LogP contribution in [0, 0.1) is 0 Å². The van der Waals surface area contributed by atoms with Crippen molar-refractivity contribution in [1.82, 2.24) is 14.9 Å². The standard InChI is InChI=1S/C18H24N4O/c1-19-18-20-11-10-16(21-18)17-5-3-4-12-22(17)13-14-6-8-15(23-2)9-7-14/h6-11,17H,3-5,12-13H2,1-2H3,(H,19,20,21)/t17-/m1/s1. The van der Waals surface area contributed by atoms with Crippen molar-refractivity contribution in [3.05, 3.63) is 47.8 Å². The summed E-state index contributed by atoms with van der Waals surface area (Å²) < 4.78 is 5.24. The molecule has 1 saturated heterocycles. The van der Waals surface area contributed by atoms with Gasteiger partial charge < -0.3 is 10.1 Å². The molecule has 5 nitrogen and oxygen atoms in total. The molecule has 0 radical (unpaired) electrons. The van der Waals surface area contributed by atoms with Crippen LogP contribution in [0.4, 0.5) is 5.95 Å². The summed E-state index contributed by atoms with van der Waals surface area (Å²) in [7, 11) is 3.55. The smallest absolute Gasteiger partial charge is 0.222 e. The number of likely N-dealkylation sites (tertiary alicyclic amines) is 1. The first-order valence-corrected chi connectivity index (χ1v) is 8.18. The highest BCUT2D eigenvalue weighted by Crippen LogP contribution is 2.31. The third-order valence-electron chi connectivity index (χ3n) is 4.40. The average Bonchev–Trinajstić information content (AvgIpc) is 2.63. The van der Waals surface area contributed by atoms with Gasteiger partial charge >= 0.3 is 0 Å². The normalized spacial score (nSPS) is 18.6. The second-order valence-electron chi connectivity index (χ2n) is 5.89. The third-order valence-corrected chi connectivity index (χ3v) is 4.40. The number of nitrogens with one attached hydrogen (secondary N) is 1. The van der Waals surface area contributed by atoms with Gasteiger partial charge in [0.15, 0.2) is 0 Å². The largest absolute Gasteiger partial charge is 0.497 e. The van der Waals surface area contributed by atoms with Crippen LogP contribution < -0.4 is 10.1 Å². The molecule has 5 heteroatoms. The fourth-order valence-electron chi connectivity index (χ4n) is 3.16. The number of hydrogen-bond donors (Lipinski definition) is 1. The summed E-state index contributed by atoms with van der Waals surface area (Å²) in [6.07, 6.45) is 5.49. The van der Waals surface area contributed by atoms with Crippen LogP contribution in [0.2, 0.25) is 0 Å². The van der Waals surface area contributed by atoms with Gasteiger partial charge in [-0.05, 0) is 43.1 Å². The molecular formula is C18H24N4O. The Morgan fingerprint density at radius 2 is 2.04 bits per heavy atom. The quantitative estimate of drug-likeness (QED) is 0.918. The van der Waals surface area contributed by atoms with E-state index in [4.69, 9.17) is 4.74 Å². The molecule has 2 heterocycles. The number of hydrogen-bond acceptors (Lipinski definition) is 5.